The van der Waals surface area contributed by atoms with Crippen LogP contribution >= 0.6 is 11.8 Å². The lowest BCUT2D eigenvalue weighted by Crippen LogP contribution is -2.58. The molecule has 88 valence electrons. The third-order valence-corrected chi connectivity index (χ3v) is 5.05. The van der Waals surface area contributed by atoms with E-state index >= 15 is 0 Å². The van der Waals surface area contributed by atoms with E-state index in [4.69, 9.17) is 4.74 Å². The number of rotatable bonds is 3. The van der Waals surface area contributed by atoms with Crippen molar-refractivity contribution in [1.82, 2.24) is 5.32 Å². The number of thioether (sulfide) groups is 1. The van der Waals surface area contributed by atoms with Gasteiger partial charge in [0.05, 0.1) is 12.2 Å². The van der Waals surface area contributed by atoms with Crippen molar-refractivity contribution < 1.29 is 4.74 Å². The lowest BCUT2D eigenvalue weighted by Gasteiger charge is -2.42. The van der Waals surface area contributed by atoms with Crippen molar-refractivity contribution in [3.05, 3.63) is 0 Å². The van der Waals surface area contributed by atoms with Gasteiger partial charge < -0.3 is 10.1 Å². The van der Waals surface area contributed by atoms with Crippen LogP contribution in [0.15, 0.2) is 0 Å². The van der Waals surface area contributed by atoms with E-state index in [1.54, 1.807) is 0 Å². The van der Waals surface area contributed by atoms with Crippen molar-refractivity contribution in [2.24, 2.45) is 5.92 Å². The Morgan fingerprint density at radius 1 is 1.60 bits per heavy atom. The van der Waals surface area contributed by atoms with Crippen molar-refractivity contribution in [3.63, 3.8) is 0 Å². The molecule has 15 heavy (non-hydrogen) atoms. The number of hydrogen-bond donors (Lipinski definition) is 1. The molecule has 2 fully saturated rings. The molecule has 2 aliphatic rings. The molecular formula is C12H23NOS. The zero-order valence-corrected chi connectivity index (χ0v) is 10.7. The minimum Gasteiger partial charge on any atom is -0.371 e. The van der Waals surface area contributed by atoms with Crippen molar-refractivity contribution in [2.45, 2.75) is 44.8 Å². The molecule has 1 spiro atoms. The fraction of sp³-hybridized carbons (Fsp3) is 1.00. The first-order chi connectivity index (χ1) is 7.27. The molecule has 1 N–H and O–H groups in total. The maximum atomic E-state index is 6.10. The van der Waals surface area contributed by atoms with Gasteiger partial charge in [-0.05, 0) is 24.5 Å². The Morgan fingerprint density at radius 2 is 2.47 bits per heavy atom. The minimum absolute atomic E-state index is 0.173. The molecule has 2 aliphatic heterocycles. The second kappa shape index (κ2) is 5.07. The van der Waals surface area contributed by atoms with Crippen LogP contribution in [0.4, 0.5) is 0 Å². The Labute approximate surface area is 97.5 Å². The molecule has 0 bridgehead atoms. The summed E-state index contributed by atoms with van der Waals surface area (Å²) < 4.78 is 6.10. The fourth-order valence-electron chi connectivity index (χ4n) is 2.59. The zero-order valence-electron chi connectivity index (χ0n) is 9.92. The molecule has 3 atom stereocenters. The molecule has 0 amide bonds. The summed E-state index contributed by atoms with van der Waals surface area (Å²) in [6.45, 7) is 6.57. The molecule has 0 saturated carbocycles. The quantitative estimate of drug-likeness (QED) is 0.802. The van der Waals surface area contributed by atoms with Crippen molar-refractivity contribution in [1.29, 1.82) is 0 Å². The first kappa shape index (κ1) is 11.7. The maximum absolute atomic E-state index is 6.10. The standard InChI is InChI=1S/C12H23NOS/c1-3-10(2)8-11-12(4-7-15-9-12)14-6-5-13-11/h10-11,13H,3-9H2,1-2H3. The highest BCUT2D eigenvalue weighted by Crippen LogP contribution is 2.38. The van der Waals surface area contributed by atoms with E-state index in [1.807, 2.05) is 0 Å². The van der Waals surface area contributed by atoms with Crippen LogP contribution in [0.3, 0.4) is 0 Å². The molecule has 0 aromatic carbocycles. The Kier molecular flexibility index (Phi) is 3.97. The number of hydrogen-bond acceptors (Lipinski definition) is 3. The molecule has 3 heteroatoms. The van der Waals surface area contributed by atoms with Gasteiger partial charge >= 0.3 is 0 Å². The molecule has 0 aromatic rings. The third kappa shape index (κ3) is 2.51. The van der Waals surface area contributed by atoms with Crippen LogP contribution in [0, 0.1) is 5.92 Å². The monoisotopic (exact) mass is 229 g/mol. The van der Waals surface area contributed by atoms with Gasteiger partial charge in [0.2, 0.25) is 0 Å². The lowest BCUT2D eigenvalue weighted by molar-refractivity contribution is -0.0830. The summed E-state index contributed by atoms with van der Waals surface area (Å²) in [4.78, 5) is 0. The molecule has 2 rings (SSSR count). The Bertz CT molecular complexity index is 204. The van der Waals surface area contributed by atoms with Crippen LogP contribution < -0.4 is 5.32 Å². The first-order valence-corrected chi connectivity index (χ1v) is 7.37. The highest BCUT2D eigenvalue weighted by Gasteiger charge is 2.44. The van der Waals surface area contributed by atoms with Crippen LogP contribution in [-0.2, 0) is 4.74 Å². The SMILES string of the molecule is CCC(C)CC1NCCOC12CCSC2. The van der Waals surface area contributed by atoms with Gasteiger partial charge in [-0.25, -0.2) is 0 Å². The third-order valence-electron chi connectivity index (χ3n) is 3.87. The smallest absolute Gasteiger partial charge is 0.0933 e. The van der Waals surface area contributed by atoms with Crippen LogP contribution in [0.2, 0.25) is 0 Å². The van der Waals surface area contributed by atoms with E-state index in [2.05, 4.69) is 30.9 Å². The Balaban J connectivity index is 1.99. The molecule has 0 radical (unpaired) electrons. The topological polar surface area (TPSA) is 21.3 Å². The highest BCUT2D eigenvalue weighted by atomic mass is 32.2. The van der Waals surface area contributed by atoms with Gasteiger partial charge in [0.15, 0.2) is 0 Å². The minimum atomic E-state index is 0.173. The molecule has 3 unspecified atom stereocenters. The predicted octanol–water partition coefficient (Wildman–Crippen LogP) is 2.29. The van der Waals surface area contributed by atoms with Gasteiger partial charge in [-0.3, -0.25) is 0 Å². The number of nitrogens with one attached hydrogen (secondary N) is 1. The normalized spacial score (nSPS) is 38.4. The van der Waals surface area contributed by atoms with Crippen LogP contribution in [-0.4, -0.2) is 36.3 Å². The predicted molar refractivity (Wildman–Crippen MR) is 66.5 cm³/mol. The average molecular weight is 229 g/mol. The first-order valence-electron chi connectivity index (χ1n) is 6.22. The summed E-state index contributed by atoms with van der Waals surface area (Å²) in [5, 5.41) is 3.68. The second-order valence-corrected chi connectivity index (χ2v) is 6.08. The van der Waals surface area contributed by atoms with Gasteiger partial charge in [0.1, 0.15) is 0 Å². The Morgan fingerprint density at radius 3 is 3.13 bits per heavy atom. The van der Waals surface area contributed by atoms with E-state index in [9.17, 15) is 0 Å². The average Bonchev–Trinajstić information content (AvgIpc) is 2.71. The Hall–Kier alpha value is 0.270. The molecule has 2 nitrogen and oxygen atoms in total. The fourth-order valence-corrected chi connectivity index (χ4v) is 4.00. The molecule has 0 aliphatic carbocycles. The summed E-state index contributed by atoms with van der Waals surface area (Å²) in [7, 11) is 0. The lowest BCUT2D eigenvalue weighted by atomic mass is 9.85. The van der Waals surface area contributed by atoms with Crippen LogP contribution in [0.5, 0.6) is 0 Å². The molecule has 0 aromatic heterocycles. The molecular weight excluding hydrogens is 206 g/mol. The van der Waals surface area contributed by atoms with Crippen LogP contribution in [0.1, 0.15) is 33.1 Å². The van der Waals surface area contributed by atoms with Gasteiger partial charge in [-0.15, -0.1) is 0 Å². The second-order valence-electron chi connectivity index (χ2n) is 4.97. The van der Waals surface area contributed by atoms with E-state index < -0.39 is 0 Å². The summed E-state index contributed by atoms with van der Waals surface area (Å²) in [5.74, 6) is 3.28. The van der Waals surface area contributed by atoms with Crippen LogP contribution in [0.25, 0.3) is 0 Å². The largest absolute Gasteiger partial charge is 0.371 e. The highest BCUT2D eigenvalue weighted by molar-refractivity contribution is 7.99. The van der Waals surface area contributed by atoms with E-state index in [1.165, 1.54) is 30.8 Å². The van der Waals surface area contributed by atoms with E-state index in [-0.39, 0.29) is 5.60 Å². The summed E-state index contributed by atoms with van der Waals surface area (Å²) >= 11 is 2.05. The summed E-state index contributed by atoms with van der Waals surface area (Å²) in [6.07, 6.45) is 3.80. The van der Waals surface area contributed by atoms with Gasteiger partial charge in [-0.2, -0.15) is 11.8 Å². The van der Waals surface area contributed by atoms with Gasteiger partial charge in [-0.1, -0.05) is 20.3 Å². The maximum Gasteiger partial charge on any atom is 0.0933 e. The molecule has 2 heterocycles. The summed E-state index contributed by atoms with van der Waals surface area (Å²) in [5.41, 5.74) is 0.173. The number of ether oxygens (including phenoxy) is 1. The van der Waals surface area contributed by atoms with E-state index in [0.29, 0.717) is 6.04 Å². The number of morpholine rings is 1. The summed E-state index contributed by atoms with van der Waals surface area (Å²) in [6, 6.07) is 0.594. The van der Waals surface area contributed by atoms with Gasteiger partial charge in [0, 0.05) is 18.3 Å². The van der Waals surface area contributed by atoms with Crippen molar-refractivity contribution in [2.75, 3.05) is 24.7 Å². The zero-order chi connectivity index (χ0) is 10.7. The van der Waals surface area contributed by atoms with Gasteiger partial charge in [0.25, 0.3) is 0 Å². The molecule has 2 saturated heterocycles. The van der Waals surface area contributed by atoms with E-state index in [0.717, 1.165) is 19.1 Å². The van der Waals surface area contributed by atoms with Crippen molar-refractivity contribution in [3.8, 4) is 0 Å². The van der Waals surface area contributed by atoms with Crippen molar-refractivity contribution >= 4 is 11.8 Å².